The van der Waals surface area contributed by atoms with Crippen molar-refractivity contribution in [1.82, 2.24) is 4.72 Å². The Bertz CT molecular complexity index is 588. The lowest BCUT2D eigenvalue weighted by atomic mass is 10.1. The van der Waals surface area contributed by atoms with Gasteiger partial charge in [-0.2, -0.15) is 0 Å². The number of carboxylic acid groups (broad SMARTS) is 1. The van der Waals surface area contributed by atoms with Crippen molar-refractivity contribution in [2.24, 2.45) is 5.41 Å². The van der Waals surface area contributed by atoms with Crippen LogP contribution in [0.5, 0.6) is 0 Å². The number of sulfonamides is 1. The van der Waals surface area contributed by atoms with Crippen molar-refractivity contribution in [1.29, 1.82) is 0 Å². The van der Waals surface area contributed by atoms with E-state index in [2.05, 4.69) is 11.6 Å². The zero-order valence-corrected chi connectivity index (χ0v) is 12.2. The summed E-state index contributed by atoms with van der Waals surface area (Å²) in [5.41, 5.74) is 0.736. The topological polar surface area (TPSA) is 83.5 Å². The van der Waals surface area contributed by atoms with Crippen LogP contribution in [0.4, 0.5) is 0 Å². The Morgan fingerprint density at radius 1 is 1.30 bits per heavy atom. The molecule has 0 saturated heterocycles. The number of aliphatic carboxylic acids is 1. The van der Waals surface area contributed by atoms with Gasteiger partial charge >= 0.3 is 5.97 Å². The van der Waals surface area contributed by atoms with E-state index in [0.717, 1.165) is 19.3 Å². The summed E-state index contributed by atoms with van der Waals surface area (Å²) in [7, 11) is -3.51. The van der Waals surface area contributed by atoms with Crippen molar-refractivity contribution < 1.29 is 18.3 Å². The minimum Gasteiger partial charge on any atom is -0.481 e. The Balaban J connectivity index is 2.03. The minimum absolute atomic E-state index is 0.104. The fourth-order valence-corrected chi connectivity index (χ4v) is 3.28. The van der Waals surface area contributed by atoms with Gasteiger partial charge in [0, 0.05) is 6.54 Å². The van der Waals surface area contributed by atoms with Crippen molar-refractivity contribution in [3.63, 3.8) is 0 Å². The summed E-state index contributed by atoms with van der Waals surface area (Å²) >= 11 is 0. The van der Waals surface area contributed by atoms with Crippen molar-refractivity contribution >= 4 is 16.0 Å². The van der Waals surface area contributed by atoms with Crippen LogP contribution >= 0.6 is 0 Å². The Hall–Kier alpha value is -1.40. The molecular weight excluding hydrogens is 278 g/mol. The molecule has 0 spiro atoms. The maximum atomic E-state index is 12.1. The molecular formula is C14H19NO4S. The Labute approximate surface area is 119 Å². The van der Waals surface area contributed by atoms with Crippen LogP contribution in [0.3, 0.4) is 0 Å². The number of hydrogen-bond acceptors (Lipinski definition) is 3. The van der Waals surface area contributed by atoms with Gasteiger partial charge in [0.15, 0.2) is 0 Å². The van der Waals surface area contributed by atoms with E-state index in [0.29, 0.717) is 12.1 Å². The molecule has 2 rings (SSSR count). The first-order chi connectivity index (χ1) is 9.37. The second-order valence-electron chi connectivity index (χ2n) is 5.39. The van der Waals surface area contributed by atoms with Gasteiger partial charge in [-0.3, -0.25) is 4.79 Å². The molecule has 0 amide bonds. The normalized spacial score (nSPS) is 16.9. The highest BCUT2D eigenvalue weighted by atomic mass is 32.2. The van der Waals surface area contributed by atoms with Crippen LogP contribution in [-0.4, -0.2) is 26.0 Å². The van der Waals surface area contributed by atoms with Crippen LogP contribution in [0.15, 0.2) is 29.2 Å². The quantitative estimate of drug-likeness (QED) is 0.803. The summed E-state index contributed by atoms with van der Waals surface area (Å²) in [4.78, 5) is 10.8. The lowest BCUT2D eigenvalue weighted by Gasteiger charge is -2.13. The summed E-state index contributed by atoms with van der Waals surface area (Å²) in [6.45, 7) is 2.55. The molecule has 0 atom stereocenters. The number of hydrogen-bond donors (Lipinski definition) is 2. The van der Waals surface area contributed by atoms with E-state index in [1.807, 2.05) is 0 Å². The third-order valence-electron chi connectivity index (χ3n) is 3.93. The van der Waals surface area contributed by atoms with Gasteiger partial charge in [-0.25, -0.2) is 13.1 Å². The van der Waals surface area contributed by atoms with E-state index in [1.54, 1.807) is 0 Å². The second kappa shape index (κ2) is 5.54. The van der Waals surface area contributed by atoms with E-state index in [-0.39, 0.29) is 16.7 Å². The number of carboxylic acids is 1. The van der Waals surface area contributed by atoms with Crippen molar-refractivity contribution in [2.75, 3.05) is 6.54 Å². The lowest BCUT2D eigenvalue weighted by molar-refractivity contribution is -0.136. The van der Waals surface area contributed by atoms with Crippen LogP contribution in [0.1, 0.15) is 31.7 Å². The van der Waals surface area contributed by atoms with Crippen LogP contribution < -0.4 is 4.72 Å². The second-order valence-corrected chi connectivity index (χ2v) is 7.16. The summed E-state index contributed by atoms with van der Waals surface area (Å²) in [6.07, 6.45) is 3.02. The molecule has 0 aliphatic heterocycles. The van der Waals surface area contributed by atoms with Crippen molar-refractivity contribution in [3.05, 3.63) is 29.8 Å². The minimum atomic E-state index is -3.51. The zero-order chi connectivity index (χ0) is 14.8. The molecule has 1 aliphatic carbocycles. The highest BCUT2D eigenvalue weighted by molar-refractivity contribution is 7.89. The highest BCUT2D eigenvalue weighted by Gasteiger charge is 2.41. The van der Waals surface area contributed by atoms with Gasteiger partial charge < -0.3 is 5.11 Å². The summed E-state index contributed by atoms with van der Waals surface area (Å²) in [5.74, 6) is -0.933. The molecule has 0 aromatic heterocycles. The van der Waals surface area contributed by atoms with Crippen LogP contribution in [0, 0.1) is 5.41 Å². The summed E-state index contributed by atoms with van der Waals surface area (Å²) in [5, 5.41) is 8.67. The Morgan fingerprint density at radius 3 is 2.35 bits per heavy atom. The average Bonchev–Trinajstić information content (AvgIpc) is 3.17. The van der Waals surface area contributed by atoms with Gasteiger partial charge in [-0.15, -0.1) is 0 Å². The predicted octanol–water partition coefficient (Wildman–Crippen LogP) is 1.78. The summed E-state index contributed by atoms with van der Waals surface area (Å²) < 4.78 is 26.9. The van der Waals surface area contributed by atoms with E-state index in [9.17, 15) is 13.2 Å². The third kappa shape index (κ3) is 3.58. The average molecular weight is 297 g/mol. The van der Waals surface area contributed by atoms with Gasteiger partial charge in [-0.1, -0.05) is 19.1 Å². The molecule has 1 fully saturated rings. The Kier molecular flexibility index (Phi) is 4.15. The third-order valence-corrected chi connectivity index (χ3v) is 5.35. The molecule has 20 heavy (non-hydrogen) atoms. The molecule has 1 aromatic rings. The number of benzene rings is 1. The zero-order valence-electron chi connectivity index (χ0n) is 11.4. The Morgan fingerprint density at radius 2 is 1.90 bits per heavy atom. The molecule has 0 bridgehead atoms. The van der Waals surface area contributed by atoms with Gasteiger partial charge in [0.25, 0.3) is 0 Å². The van der Waals surface area contributed by atoms with E-state index in [1.165, 1.54) is 24.3 Å². The van der Waals surface area contributed by atoms with Crippen molar-refractivity contribution in [3.8, 4) is 0 Å². The number of rotatable bonds is 7. The van der Waals surface area contributed by atoms with Gasteiger partial charge in [0.05, 0.1) is 11.3 Å². The van der Waals surface area contributed by atoms with E-state index < -0.39 is 16.0 Å². The molecule has 0 unspecified atom stereocenters. The van der Waals surface area contributed by atoms with Gasteiger partial charge in [-0.05, 0) is 42.4 Å². The fraction of sp³-hybridized carbons (Fsp3) is 0.500. The van der Waals surface area contributed by atoms with E-state index >= 15 is 0 Å². The van der Waals surface area contributed by atoms with Crippen LogP contribution in [-0.2, 0) is 21.2 Å². The standard InChI is InChI=1S/C14H19NO4S/c1-2-14(7-8-14)10-15-20(18,19)12-5-3-11(4-6-12)9-13(16)17/h3-6,15H,2,7-10H2,1H3,(H,16,17). The van der Waals surface area contributed by atoms with Gasteiger partial charge in [0.2, 0.25) is 10.0 Å². The first kappa shape index (κ1) is 15.0. The largest absolute Gasteiger partial charge is 0.481 e. The fourth-order valence-electron chi connectivity index (χ4n) is 2.12. The molecule has 0 heterocycles. The molecule has 2 N–H and O–H groups in total. The predicted molar refractivity (Wildman–Crippen MR) is 74.9 cm³/mol. The van der Waals surface area contributed by atoms with Gasteiger partial charge in [0.1, 0.15) is 0 Å². The molecule has 1 aromatic carbocycles. The monoisotopic (exact) mass is 297 g/mol. The van der Waals surface area contributed by atoms with E-state index in [4.69, 9.17) is 5.11 Å². The number of carbonyl (C=O) groups is 1. The van der Waals surface area contributed by atoms with Crippen molar-refractivity contribution in [2.45, 2.75) is 37.5 Å². The smallest absolute Gasteiger partial charge is 0.307 e. The first-order valence-electron chi connectivity index (χ1n) is 6.67. The molecule has 6 heteroatoms. The molecule has 5 nitrogen and oxygen atoms in total. The molecule has 1 aliphatic rings. The maximum absolute atomic E-state index is 12.1. The summed E-state index contributed by atoms with van der Waals surface area (Å²) in [6, 6.07) is 5.98. The maximum Gasteiger partial charge on any atom is 0.307 e. The SMILES string of the molecule is CCC1(CNS(=O)(=O)c2ccc(CC(=O)O)cc2)CC1. The lowest BCUT2D eigenvalue weighted by Crippen LogP contribution is -2.30. The molecule has 1 saturated carbocycles. The first-order valence-corrected chi connectivity index (χ1v) is 8.16. The molecule has 0 radical (unpaired) electrons. The molecule has 110 valence electrons. The highest BCUT2D eigenvalue weighted by Crippen LogP contribution is 2.48. The number of nitrogens with one attached hydrogen (secondary N) is 1. The van der Waals surface area contributed by atoms with Crippen LogP contribution in [0.2, 0.25) is 0 Å². The van der Waals surface area contributed by atoms with Crippen LogP contribution in [0.25, 0.3) is 0 Å².